The molecule has 0 fully saturated rings. The molecule has 0 amide bonds. The first kappa shape index (κ1) is 34.6. The number of benzene rings is 1. The molecule has 222 valence electrons. The first-order valence-electron chi connectivity index (χ1n) is 13.9. The van der Waals surface area contributed by atoms with Crippen molar-refractivity contribution in [2.75, 3.05) is 43.0 Å². The van der Waals surface area contributed by atoms with E-state index in [-0.39, 0.29) is 5.82 Å². The van der Waals surface area contributed by atoms with E-state index < -0.39 is 11.7 Å². The number of nitrogens with zero attached hydrogens (tertiary/aromatic N) is 6. The van der Waals surface area contributed by atoms with Gasteiger partial charge in [-0.3, -0.25) is 0 Å². The third-order valence-corrected chi connectivity index (χ3v) is 5.91. The molecule has 0 spiro atoms. The maximum absolute atomic E-state index is 12.4. The Labute approximate surface area is 238 Å². The number of allylic oxidation sites excluding steroid dienone is 3. The Kier molecular flexibility index (Phi) is 15.0. The zero-order valence-electron chi connectivity index (χ0n) is 25.3. The van der Waals surface area contributed by atoms with Crippen LogP contribution in [0.1, 0.15) is 72.8 Å². The maximum Gasteiger partial charge on any atom is 0.419 e. The predicted molar refractivity (Wildman–Crippen MR) is 162 cm³/mol. The average molecular weight is 562 g/mol. The van der Waals surface area contributed by atoms with Crippen molar-refractivity contribution in [2.24, 2.45) is 4.99 Å². The summed E-state index contributed by atoms with van der Waals surface area (Å²) in [6, 6.07) is 8.54. The lowest BCUT2D eigenvalue weighted by atomic mass is 10.0. The highest BCUT2D eigenvalue weighted by atomic mass is 19.4. The lowest BCUT2D eigenvalue weighted by Crippen LogP contribution is -2.29. The number of alkyl halides is 3. The minimum atomic E-state index is -4.41. The minimum absolute atomic E-state index is 0.238. The number of hydrogen-bond donors (Lipinski definition) is 1. The third-order valence-electron chi connectivity index (χ3n) is 5.91. The Morgan fingerprint density at radius 1 is 1.05 bits per heavy atom. The van der Waals surface area contributed by atoms with Crippen LogP contribution in [-0.4, -0.2) is 61.1 Å². The van der Waals surface area contributed by atoms with Crippen LogP contribution in [0, 0.1) is 0 Å². The number of aliphatic imine (C=N–C) groups is 1. The molecule has 0 unspecified atom stereocenters. The topological polar surface area (TPSA) is 69.5 Å². The molecule has 0 bridgehead atoms. The molecule has 1 aromatic carbocycles. The van der Waals surface area contributed by atoms with Gasteiger partial charge in [0, 0.05) is 38.8 Å². The number of hydrogen-bond acceptors (Lipinski definition) is 7. The maximum atomic E-state index is 12.4. The molecule has 0 aliphatic heterocycles. The van der Waals surface area contributed by atoms with Crippen molar-refractivity contribution in [2.45, 2.75) is 73.4 Å². The number of halogens is 3. The summed E-state index contributed by atoms with van der Waals surface area (Å²) in [5.41, 5.74) is 1.55. The van der Waals surface area contributed by atoms with E-state index in [4.69, 9.17) is 15.0 Å². The molecule has 0 aliphatic carbocycles. The van der Waals surface area contributed by atoms with Gasteiger partial charge in [-0.2, -0.15) is 28.1 Å². The molecule has 0 aliphatic rings. The van der Waals surface area contributed by atoms with Gasteiger partial charge in [-0.05, 0) is 57.9 Å². The normalized spacial score (nSPS) is 12.1. The van der Waals surface area contributed by atoms with Gasteiger partial charge >= 0.3 is 6.18 Å². The predicted octanol–water partition coefficient (Wildman–Crippen LogP) is 7.39. The molecule has 0 atom stereocenters. The molecule has 2 rings (SSSR count). The van der Waals surface area contributed by atoms with Crippen molar-refractivity contribution in [3.63, 3.8) is 0 Å². The van der Waals surface area contributed by atoms with Crippen LogP contribution in [0.25, 0.3) is 11.4 Å². The lowest BCUT2D eigenvalue weighted by molar-refractivity contribution is -0.0893. The van der Waals surface area contributed by atoms with Crippen molar-refractivity contribution >= 4 is 18.6 Å². The quantitative estimate of drug-likeness (QED) is 0.203. The fraction of sp³-hybridized carbons (Fsp3) is 0.533. The fourth-order valence-electron chi connectivity index (χ4n) is 3.70. The summed E-state index contributed by atoms with van der Waals surface area (Å²) in [4.78, 5) is 22.0. The zero-order chi connectivity index (χ0) is 30.3. The van der Waals surface area contributed by atoms with Gasteiger partial charge in [-0.1, -0.05) is 58.0 Å². The Morgan fingerprint density at radius 2 is 1.68 bits per heavy atom. The van der Waals surface area contributed by atoms with Crippen LogP contribution in [0.2, 0.25) is 0 Å². The first-order valence-corrected chi connectivity index (χ1v) is 13.9. The molecular formula is C30H46F3N7. The van der Waals surface area contributed by atoms with E-state index in [1.807, 2.05) is 7.05 Å². The molecule has 1 heterocycles. The third kappa shape index (κ3) is 10.6. The van der Waals surface area contributed by atoms with Crippen LogP contribution in [-0.2, 0) is 0 Å². The van der Waals surface area contributed by atoms with Gasteiger partial charge in [-0.15, -0.1) is 0 Å². The van der Waals surface area contributed by atoms with Crippen molar-refractivity contribution < 1.29 is 13.2 Å². The highest BCUT2D eigenvalue weighted by molar-refractivity contribution is 5.60. The number of rotatable bonds is 13. The summed E-state index contributed by atoms with van der Waals surface area (Å²) in [5.74, 6) is 2.51. The molecule has 0 radical (unpaired) electrons. The zero-order valence-corrected chi connectivity index (χ0v) is 25.3. The van der Waals surface area contributed by atoms with Crippen LogP contribution in [0.3, 0.4) is 0 Å². The molecule has 7 nitrogen and oxygen atoms in total. The molecule has 10 heteroatoms. The summed E-state index contributed by atoms with van der Waals surface area (Å²) in [7, 11) is 2.03. The molecule has 0 saturated heterocycles. The van der Waals surface area contributed by atoms with Gasteiger partial charge in [0.15, 0.2) is 5.82 Å². The van der Waals surface area contributed by atoms with Crippen LogP contribution in [0.5, 0.6) is 0 Å². The molecule has 1 N–H and O–H groups in total. The molecule has 1 aromatic heterocycles. The van der Waals surface area contributed by atoms with E-state index in [1.165, 1.54) is 18.6 Å². The van der Waals surface area contributed by atoms with Crippen molar-refractivity contribution in [3.8, 4) is 11.4 Å². The van der Waals surface area contributed by atoms with E-state index in [1.54, 1.807) is 6.92 Å². The Hall–Kier alpha value is -3.43. The van der Waals surface area contributed by atoms with Gasteiger partial charge in [0.25, 0.3) is 0 Å². The number of aromatic nitrogens is 3. The van der Waals surface area contributed by atoms with Crippen molar-refractivity contribution in [1.82, 2.24) is 20.3 Å². The molecule has 2 aromatic rings. The monoisotopic (exact) mass is 561 g/mol. The van der Waals surface area contributed by atoms with Gasteiger partial charge in [-0.25, -0.2) is 4.99 Å². The first-order chi connectivity index (χ1) is 19.0. The SMILES string of the molecule is C=N/C(NCC)=C(\C=C/C)C(F)(F)F.CCCN(CCC)c1nc(-c2cccc(C(C)C)c2)nc(N(C)CC)n1. The van der Waals surface area contributed by atoms with E-state index in [0.717, 1.165) is 61.8 Å². The second-order valence-corrected chi connectivity index (χ2v) is 9.49. The van der Waals surface area contributed by atoms with Crippen LogP contribution in [0.15, 0.2) is 52.8 Å². The van der Waals surface area contributed by atoms with Gasteiger partial charge in [0.05, 0.1) is 5.57 Å². The summed E-state index contributed by atoms with van der Waals surface area (Å²) in [6.45, 7) is 20.3. The molecule has 0 saturated carbocycles. The summed E-state index contributed by atoms with van der Waals surface area (Å²) in [5, 5.41) is 2.50. The van der Waals surface area contributed by atoms with Gasteiger partial charge < -0.3 is 15.1 Å². The Morgan fingerprint density at radius 3 is 2.15 bits per heavy atom. The van der Waals surface area contributed by atoms with E-state index >= 15 is 0 Å². The fourth-order valence-corrected chi connectivity index (χ4v) is 3.70. The largest absolute Gasteiger partial charge is 0.419 e. The number of anilines is 2. The van der Waals surface area contributed by atoms with E-state index in [0.29, 0.717) is 12.5 Å². The Bertz CT molecular complexity index is 1100. The lowest BCUT2D eigenvalue weighted by Gasteiger charge is -2.24. The van der Waals surface area contributed by atoms with Crippen LogP contribution < -0.4 is 15.1 Å². The van der Waals surface area contributed by atoms with Crippen LogP contribution in [0.4, 0.5) is 25.1 Å². The van der Waals surface area contributed by atoms with Gasteiger partial charge in [0.1, 0.15) is 5.82 Å². The molecule has 40 heavy (non-hydrogen) atoms. The van der Waals surface area contributed by atoms with Crippen molar-refractivity contribution in [3.05, 3.63) is 53.4 Å². The average Bonchev–Trinajstić information content (AvgIpc) is 2.93. The second-order valence-electron chi connectivity index (χ2n) is 9.49. The second kappa shape index (κ2) is 17.3. The van der Waals surface area contributed by atoms with E-state index in [9.17, 15) is 13.2 Å². The highest BCUT2D eigenvalue weighted by Crippen LogP contribution is 2.29. The standard InChI is InChI=1S/C21H33N5.C9H13F3N2/c1-7-13-26(14-8-2)21-23-19(22-20(24-21)25(6)9-3)18-12-10-11-17(15-18)16(4)5;1-4-6-7(9(10,11)12)8(13-3)14-5-2/h10-12,15-16H,7-9,13-14H2,1-6H3;4,6,14H,3,5H2,1-2H3/b;6-4-,8-7-. The summed E-state index contributed by atoms with van der Waals surface area (Å²) >= 11 is 0. The summed E-state index contributed by atoms with van der Waals surface area (Å²) < 4.78 is 37.3. The van der Waals surface area contributed by atoms with E-state index in [2.05, 4.69) is 85.7 Å². The molecular weight excluding hydrogens is 515 g/mol. The highest BCUT2D eigenvalue weighted by Gasteiger charge is 2.34. The van der Waals surface area contributed by atoms with Crippen molar-refractivity contribution in [1.29, 1.82) is 0 Å². The Balaban J connectivity index is 0.000000486. The smallest absolute Gasteiger partial charge is 0.370 e. The minimum Gasteiger partial charge on any atom is -0.370 e. The van der Waals surface area contributed by atoms with Gasteiger partial charge in [0.2, 0.25) is 11.9 Å². The van der Waals surface area contributed by atoms with Crippen LogP contribution >= 0.6 is 0 Å². The number of nitrogens with one attached hydrogen (secondary N) is 1. The summed E-state index contributed by atoms with van der Waals surface area (Å²) in [6.07, 6.45) is 0.00875.